The summed E-state index contributed by atoms with van der Waals surface area (Å²) in [7, 11) is 0. The molecule has 154 valence electrons. The summed E-state index contributed by atoms with van der Waals surface area (Å²) in [5, 5.41) is 12.5. The molecule has 30 heavy (non-hydrogen) atoms. The minimum atomic E-state index is -0.298. The predicted molar refractivity (Wildman–Crippen MR) is 115 cm³/mol. The van der Waals surface area contributed by atoms with E-state index in [4.69, 9.17) is 27.6 Å². The van der Waals surface area contributed by atoms with Gasteiger partial charge in [-0.15, -0.1) is 0 Å². The van der Waals surface area contributed by atoms with E-state index >= 15 is 0 Å². The van der Waals surface area contributed by atoms with Crippen molar-refractivity contribution in [3.63, 3.8) is 0 Å². The molecule has 1 aliphatic rings. The van der Waals surface area contributed by atoms with Crippen LogP contribution in [0, 0.1) is 0 Å². The van der Waals surface area contributed by atoms with E-state index in [1.54, 1.807) is 18.2 Å². The lowest BCUT2D eigenvalue weighted by atomic mass is 10.2. The van der Waals surface area contributed by atoms with Crippen molar-refractivity contribution in [2.24, 2.45) is 4.99 Å². The van der Waals surface area contributed by atoms with Crippen molar-refractivity contribution in [3.8, 4) is 5.75 Å². The van der Waals surface area contributed by atoms with E-state index in [-0.39, 0.29) is 16.7 Å². The molecule has 1 aliphatic heterocycles. The Balaban J connectivity index is 1.38. The summed E-state index contributed by atoms with van der Waals surface area (Å²) in [5.41, 5.74) is 2.20. The lowest BCUT2D eigenvalue weighted by molar-refractivity contribution is -0.837. The fourth-order valence-electron chi connectivity index (χ4n) is 3.43. The van der Waals surface area contributed by atoms with Crippen molar-refractivity contribution in [3.05, 3.63) is 76.2 Å². The monoisotopic (exact) mass is 443 g/mol. The maximum absolute atomic E-state index is 12.4. The number of halogens is 2. The predicted octanol–water partition coefficient (Wildman–Crippen LogP) is 3.08. The Kier molecular flexibility index (Phi) is 6.08. The number of carbonyl (C=O) groups is 1. The van der Waals surface area contributed by atoms with Gasteiger partial charge in [0.05, 0.1) is 38.1 Å². The third-order valence-corrected chi connectivity index (χ3v) is 5.55. The van der Waals surface area contributed by atoms with E-state index in [1.165, 1.54) is 23.4 Å². The average molecular weight is 444 g/mol. The molecule has 0 atom stereocenters. The van der Waals surface area contributed by atoms with Gasteiger partial charge in [-0.2, -0.15) is 0 Å². The Bertz CT molecular complexity index is 1060. The molecular formula is C22H19Cl2N3O3. The quantitative estimate of drug-likeness (QED) is 0.629. The lowest BCUT2D eigenvalue weighted by Crippen LogP contribution is -3.10. The van der Waals surface area contributed by atoms with Crippen LogP contribution in [0.1, 0.15) is 16.1 Å². The molecule has 1 N–H and O–H groups in total. The minimum absolute atomic E-state index is 0.0670. The topological polar surface area (TPSA) is 73.3 Å². The van der Waals surface area contributed by atoms with Gasteiger partial charge in [0.25, 0.3) is 5.91 Å². The van der Waals surface area contributed by atoms with Crippen LogP contribution in [0.2, 0.25) is 10.0 Å². The number of nitrogens with one attached hydrogen (secondary N) is 1. The number of furan rings is 1. The van der Waals surface area contributed by atoms with Crippen molar-refractivity contribution in [1.29, 1.82) is 0 Å². The van der Waals surface area contributed by atoms with Crippen LogP contribution >= 0.6 is 23.2 Å². The Morgan fingerprint density at radius 3 is 2.53 bits per heavy atom. The SMILES string of the molecule is O=C(c1ccco1)N1CC[NH+](c2ccc(N=Cc3cc(Cl)cc(Cl)c3[O-])cc2)CC1. The van der Waals surface area contributed by atoms with Crippen molar-refractivity contribution in [1.82, 2.24) is 4.90 Å². The number of aliphatic imine (C=N–C) groups is 1. The fourth-order valence-corrected chi connectivity index (χ4v) is 3.94. The van der Waals surface area contributed by atoms with Gasteiger partial charge in [-0.1, -0.05) is 29.0 Å². The van der Waals surface area contributed by atoms with Gasteiger partial charge in [0, 0.05) is 28.4 Å². The van der Waals surface area contributed by atoms with Crippen molar-refractivity contribution >= 4 is 46.7 Å². The van der Waals surface area contributed by atoms with Crippen LogP contribution in [0.25, 0.3) is 0 Å². The highest BCUT2D eigenvalue weighted by molar-refractivity contribution is 6.36. The summed E-state index contributed by atoms with van der Waals surface area (Å²) in [6.07, 6.45) is 2.98. The molecule has 0 unspecified atom stereocenters. The third-order valence-electron chi connectivity index (χ3n) is 5.05. The Hall–Kier alpha value is -2.80. The van der Waals surface area contributed by atoms with Crippen LogP contribution in [0.5, 0.6) is 5.75 Å². The average Bonchev–Trinajstić information content (AvgIpc) is 3.30. The number of quaternary nitrogens is 1. The van der Waals surface area contributed by atoms with Gasteiger partial charge < -0.3 is 14.4 Å². The highest BCUT2D eigenvalue weighted by Gasteiger charge is 2.26. The van der Waals surface area contributed by atoms with Crippen molar-refractivity contribution < 1.29 is 19.2 Å². The lowest BCUT2D eigenvalue weighted by Gasteiger charge is -2.31. The molecule has 2 aromatic carbocycles. The zero-order valence-corrected chi connectivity index (χ0v) is 17.5. The van der Waals surface area contributed by atoms with Crippen LogP contribution in [-0.4, -0.2) is 43.2 Å². The molecule has 0 spiro atoms. The Labute approximate surface area is 184 Å². The van der Waals surface area contributed by atoms with Gasteiger partial charge in [0.15, 0.2) is 5.76 Å². The second-order valence-electron chi connectivity index (χ2n) is 6.98. The normalized spacial score (nSPS) is 15.1. The first-order chi connectivity index (χ1) is 14.5. The van der Waals surface area contributed by atoms with Crippen LogP contribution in [-0.2, 0) is 0 Å². The first kappa shape index (κ1) is 20.5. The highest BCUT2D eigenvalue weighted by atomic mass is 35.5. The second-order valence-corrected chi connectivity index (χ2v) is 7.83. The smallest absolute Gasteiger partial charge is 0.289 e. The number of amides is 1. The molecule has 1 aromatic heterocycles. The van der Waals surface area contributed by atoms with Crippen LogP contribution in [0.3, 0.4) is 0 Å². The van der Waals surface area contributed by atoms with Crippen LogP contribution in [0.4, 0.5) is 11.4 Å². The van der Waals surface area contributed by atoms with E-state index < -0.39 is 0 Å². The number of rotatable bonds is 4. The van der Waals surface area contributed by atoms with Crippen molar-refractivity contribution in [2.75, 3.05) is 26.2 Å². The molecule has 8 heteroatoms. The molecule has 1 amide bonds. The van der Waals surface area contributed by atoms with Gasteiger partial charge in [-0.05, 0) is 42.0 Å². The number of piperazine rings is 1. The summed E-state index contributed by atoms with van der Waals surface area (Å²) in [4.78, 5) is 19.8. The first-order valence-electron chi connectivity index (χ1n) is 9.49. The number of benzene rings is 2. The van der Waals surface area contributed by atoms with E-state index in [9.17, 15) is 9.90 Å². The van der Waals surface area contributed by atoms with E-state index in [0.717, 1.165) is 24.5 Å². The number of nitrogens with zero attached hydrogens (tertiary/aromatic N) is 2. The molecular weight excluding hydrogens is 425 g/mol. The van der Waals surface area contributed by atoms with Gasteiger partial charge in [-0.25, -0.2) is 0 Å². The number of hydrogen-bond donors (Lipinski definition) is 1. The molecule has 1 saturated heterocycles. The third kappa shape index (κ3) is 4.51. The second kappa shape index (κ2) is 8.92. The van der Waals surface area contributed by atoms with Crippen molar-refractivity contribution in [2.45, 2.75) is 0 Å². The summed E-state index contributed by atoms with van der Waals surface area (Å²) >= 11 is 11.8. The number of hydrogen-bond acceptors (Lipinski definition) is 4. The highest BCUT2D eigenvalue weighted by Crippen LogP contribution is 2.28. The zero-order valence-electron chi connectivity index (χ0n) is 16.0. The molecule has 3 aromatic rings. The molecule has 6 nitrogen and oxygen atoms in total. The fraction of sp³-hybridized carbons (Fsp3) is 0.182. The van der Waals surface area contributed by atoms with Crippen LogP contribution in [0.15, 0.2) is 64.2 Å². The Morgan fingerprint density at radius 1 is 1.13 bits per heavy atom. The van der Waals surface area contributed by atoms with Gasteiger partial charge in [-0.3, -0.25) is 14.7 Å². The van der Waals surface area contributed by atoms with E-state index in [2.05, 4.69) is 4.99 Å². The van der Waals surface area contributed by atoms with E-state index in [1.807, 2.05) is 29.2 Å². The van der Waals surface area contributed by atoms with Gasteiger partial charge in [0.2, 0.25) is 0 Å². The Morgan fingerprint density at radius 2 is 1.87 bits per heavy atom. The minimum Gasteiger partial charge on any atom is -0.871 e. The molecule has 1 fully saturated rings. The first-order valence-corrected chi connectivity index (χ1v) is 10.2. The van der Waals surface area contributed by atoms with Gasteiger partial charge in [0.1, 0.15) is 5.69 Å². The van der Waals surface area contributed by atoms with Crippen LogP contribution < -0.4 is 10.0 Å². The molecule has 0 aliphatic carbocycles. The molecule has 0 bridgehead atoms. The molecule has 2 heterocycles. The van der Waals surface area contributed by atoms with Gasteiger partial charge >= 0.3 is 0 Å². The molecule has 0 radical (unpaired) electrons. The van der Waals surface area contributed by atoms with E-state index in [0.29, 0.717) is 29.4 Å². The summed E-state index contributed by atoms with van der Waals surface area (Å²) < 4.78 is 5.20. The summed E-state index contributed by atoms with van der Waals surface area (Å²) in [6.45, 7) is 2.96. The summed E-state index contributed by atoms with van der Waals surface area (Å²) in [6, 6.07) is 14.2. The number of carbonyl (C=O) groups excluding carboxylic acids is 1. The maximum Gasteiger partial charge on any atom is 0.289 e. The summed E-state index contributed by atoms with van der Waals surface area (Å²) in [5.74, 6) is 0.0123. The molecule has 4 rings (SSSR count). The standard InChI is InChI=1S/C22H19Cl2N3O3/c23-16-12-15(21(28)19(24)13-16)14-25-17-3-5-18(6-4-17)26-7-9-27(10-8-26)22(29)20-2-1-11-30-20/h1-6,11-14,28H,7-10H2. The molecule has 0 saturated carbocycles. The largest absolute Gasteiger partial charge is 0.871 e. The maximum atomic E-state index is 12.4. The zero-order chi connectivity index (χ0) is 21.1.